The predicted molar refractivity (Wildman–Crippen MR) is 256 cm³/mol. The number of rotatable bonds is 48. The van der Waals surface area contributed by atoms with Gasteiger partial charge in [-0.1, -0.05) is 238 Å². The monoisotopic (exact) mass is 845 g/mol. The zero-order valence-corrected chi connectivity index (χ0v) is 40.2. The summed E-state index contributed by atoms with van der Waals surface area (Å²) < 4.78 is 16.8. The van der Waals surface area contributed by atoms with E-state index in [0.29, 0.717) is 19.3 Å². The van der Waals surface area contributed by atoms with Crippen LogP contribution in [0.3, 0.4) is 0 Å². The molecule has 0 bridgehead atoms. The minimum absolute atomic E-state index is 0.0707. The van der Waals surface area contributed by atoms with Crippen LogP contribution >= 0.6 is 0 Å². The lowest BCUT2D eigenvalue weighted by Gasteiger charge is -2.18. The molecule has 0 saturated heterocycles. The van der Waals surface area contributed by atoms with E-state index < -0.39 is 6.10 Å². The zero-order valence-electron chi connectivity index (χ0n) is 40.2. The molecule has 0 spiro atoms. The first-order chi connectivity index (χ1) is 29.5. The van der Waals surface area contributed by atoms with E-state index in [9.17, 15) is 14.4 Å². The van der Waals surface area contributed by atoms with Gasteiger partial charge in [0, 0.05) is 19.3 Å². The van der Waals surface area contributed by atoms with Crippen molar-refractivity contribution in [2.75, 3.05) is 13.2 Å². The molecule has 0 amide bonds. The van der Waals surface area contributed by atoms with Crippen molar-refractivity contribution in [1.82, 2.24) is 0 Å². The molecular formula is C54H100O6. The lowest BCUT2D eigenvalue weighted by molar-refractivity contribution is -0.167. The van der Waals surface area contributed by atoms with Gasteiger partial charge in [-0.15, -0.1) is 0 Å². The molecule has 0 aliphatic carbocycles. The Balaban J connectivity index is 4.36. The minimum atomic E-state index is -0.770. The minimum Gasteiger partial charge on any atom is -0.462 e. The van der Waals surface area contributed by atoms with Crippen molar-refractivity contribution in [3.63, 3.8) is 0 Å². The summed E-state index contributed by atoms with van der Waals surface area (Å²) in [7, 11) is 0. The topological polar surface area (TPSA) is 78.9 Å². The highest BCUT2D eigenvalue weighted by Gasteiger charge is 2.19. The first-order valence-electron chi connectivity index (χ1n) is 26.3. The van der Waals surface area contributed by atoms with Crippen LogP contribution in [0.4, 0.5) is 0 Å². The highest BCUT2D eigenvalue weighted by atomic mass is 16.6. The molecule has 0 rings (SSSR count). The quantitative estimate of drug-likeness (QED) is 0.0263. The van der Waals surface area contributed by atoms with Crippen LogP contribution in [0.2, 0.25) is 0 Å². The molecule has 6 nitrogen and oxygen atoms in total. The molecule has 0 radical (unpaired) electrons. The largest absolute Gasteiger partial charge is 0.462 e. The number of carbonyl (C=O) groups is 3. The molecule has 1 atom stereocenters. The first-order valence-corrected chi connectivity index (χ1v) is 26.3. The molecule has 0 N–H and O–H groups in total. The van der Waals surface area contributed by atoms with Gasteiger partial charge in [-0.3, -0.25) is 14.4 Å². The van der Waals surface area contributed by atoms with Crippen LogP contribution in [0.1, 0.15) is 284 Å². The number of unbranched alkanes of at least 4 members (excludes halogenated alkanes) is 33. The Labute approximate surface area is 373 Å². The van der Waals surface area contributed by atoms with E-state index in [0.717, 1.165) is 77.0 Å². The highest BCUT2D eigenvalue weighted by molar-refractivity contribution is 5.71. The second-order valence-electron chi connectivity index (χ2n) is 17.8. The van der Waals surface area contributed by atoms with E-state index in [1.165, 1.54) is 167 Å². The normalized spacial score (nSPS) is 12.1. The molecule has 0 aromatic carbocycles. The van der Waals surface area contributed by atoms with Crippen molar-refractivity contribution in [2.45, 2.75) is 290 Å². The highest BCUT2D eigenvalue weighted by Crippen LogP contribution is 2.16. The molecular weight excluding hydrogens is 745 g/mol. The van der Waals surface area contributed by atoms with Crippen molar-refractivity contribution < 1.29 is 28.6 Å². The summed E-state index contributed by atoms with van der Waals surface area (Å²) in [6.07, 6.45) is 55.8. The summed E-state index contributed by atoms with van der Waals surface area (Å²) in [6, 6.07) is 0. The fourth-order valence-electron chi connectivity index (χ4n) is 7.71. The smallest absolute Gasteiger partial charge is 0.306 e. The molecule has 352 valence electrons. The number of carbonyl (C=O) groups excluding carboxylic acids is 3. The Morgan fingerprint density at radius 3 is 0.950 bits per heavy atom. The maximum absolute atomic E-state index is 12.8. The summed E-state index contributed by atoms with van der Waals surface area (Å²) in [6.45, 7) is 6.63. The van der Waals surface area contributed by atoms with Crippen LogP contribution in [0.15, 0.2) is 24.3 Å². The second kappa shape index (κ2) is 49.5. The van der Waals surface area contributed by atoms with Crippen molar-refractivity contribution in [3.8, 4) is 0 Å². The van der Waals surface area contributed by atoms with Gasteiger partial charge in [-0.2, -0.15) is 0 Å². The van der Waals surface area contributed by atoms with E-state index >= 15 is 0 Å². The van der Waals surface area contributed by atoms with E-state index in [2.05, 4.69) is 45.1 Å². The number of hydrogen-bond donors (Lipinski definition) is 0. The van der Waals surface area contributed by atoms with Gasteiger partial charge in [-0.05, 0) is 51.4 Å². The number of allylic oxidation sites excluding steroid dienone is 4. The summed E-state index contributed by atoms with van der Waals surface area (Å²) in [5, 5.41) is 0. The van der Waals surface area contributed by atoms with E-state index in [-0.39, 0.29) is 31.1 Å². The molecule has 0 aromatic rings. The van der Waals surface area contributed by atoms with E-state index in [1.54, 1.807) is 0 Å². The molecule has 0 saturated carbocycles. The molecule has 0 heterocycles. The van der Waals surface area contributed by atoms with Crippen molar-refractivity contribution in [1.29, 1.82) is 0 Å². The number of ether oxygens (including phenoxy) is 3. The maximum atomic E-state index is 12.8. The average molecular weight is 845 g/mol. The van der Waals surface area contributed by atoms with Crippen LogP contribution < -0.4 is 0 Å². The van der Waals surface area contributed by atoms with E-state index in [1.807, 2.05) is 0 Å². The second-order valence-corrected chi connectivity index (χ2v) is 17.8. The van der Waals surface area contributed by atoms with Gasteiger partial charge in [0.1, 0.15) is 13.2 Å². The fraction of sp³-hybridized carbons (Fsp3) is 0.870. The standard InChI is InChI=1S/C54H100O6/c1-4-7-10-13-16-19-22-25-27-30-32-35-38-41-44-47-53(56)59-50-51(49-58-52(55)46-43-40-37-34-31-28-24-21-18-15-12-9-6-3)60-54(57)48-45-42-39-36-33-29-26-23-20-17-14-11-8-5-2/h16,19,25,27,51H,4-15,17-18,20-24,26,28-50H2,1-3H3/b19-16-,27-25-. The maximum Gasteiger partial charge on any atom is 0.306 e. The lowest BCUT2D eigenvalue weighted by atomic mass is 10.0. The molecule has 60 heavy (non-hydrogen) atoms. The third-order valence-corrected chi connectivity index (χ3v) is 11.7. The Morgan fingerprint density at radius 1 is 0.333 bits per heavy atom. The van der Waals surface area contributed by atoms with Gasteiger partial charge in [0.2, 0.25) is 0 Å². The Kier molecular flexibility index (Phi) is 47.8. The average Bonchev–Trinajstić information content (AvgIpc) is 3.24. The predicted octanol–water partition coefficient (Wildman–Crippen LogP) is 17.2. The lowest BCUT2D eigenvalue weighted by Crippen LogP contribution is -2.30. The molecule has 0 fully saturated rings. The molecule has 1 unspecified atom stereocenters. The van der Waals surface area contributed by atoms with Crippen LogP contribution in [0.5, 0.6) is 0 Å². The van der Waals surface area contributed by atoms with Gasteiger partial charge < -0.3 is 14.2 Å². The van der Waals surface area contributed by atoms with Crippen LogP contribution in [-0.2, 0) is 28.6 Å². The van der Waals surface area contributed by atoms with Gasteiger partial charge in [0.05, 0.1) is 0 Å². The van der Waals surface area contributed by atoms with Crippen LogP contribution in [-0.4, -0.2) is 37.2 Å². The number of esters is 3. The third kappa shape index (κ3) is 46.9. The van der Waals surface area contributed by atoms with Gasteiger partial charge in [0.15, 0.2) is 6.10 Å². The van der Waals surface area contributed by atoms with Crippen LogP contribution in [0, 0.1) is 0 Å². The number of hydrogen-bond acceptors (Lipinski definition) is 6. The van der Waals surface area contributed by atoms with Crippen LogP contribution in [0.25, 0.3) is 0 Å². The van der Waals surface area contributed by atoms with Crippen molar-refractivity contribution >= 4 is 17.9 Å². The molecule has 0 aliphatic rings. The van der Waals surface area contributed by atoms with Gasteiger partial charge in [-0.25, -0.2) is 0 Å². The van der Waals surface area contributed by atoms with Crippen molar-refractivity contribution in [2.24, 2.45) is 0 Å². The van der Waals surface area contributed by atoms with Crippen molar-refractivity contribution in [3.05, 3.63) is 24.3 Å². The Morgan fingerprint density at radius 2 is 0.600 bits per heavy atom. The summed E-state index contributed by atoms with van der Waals surface area (Å²) >= 11 is 0. The third-order valence-electron chi connectivity index (χ3n) is 11.7. The Hall–Kier alpha value is -2.11. The summed E-state index contributed by atoms with van der Waals surface area (Å²) in [5.41, 5.74) is 0. The zero-order chi connectivity index (χ0) is 43.7. The fourth-order valence-corrected chi connectivity index (χ4v) is 7.71. The SMILES string of the molecule is CCCCC/C=C\C/C=C\CCCCCCCC(=O)OCC(COC(=O)CCCCCCCCCCCCCCC)OC(=O)CCCCCCCCCCCCCCCC. The van der Waals surface area contributed by atoms with E-state index in [4.69, 9.17) is 14.2 Å². The molecule has 6 heteroatoms. The summed E-state index contributed by atoms with van der Waals surface area (Å²) in [4.78, 5) is 38.0. The Bertz CT molecular complexity index is 973. The van der Waals surface area contributed by atoms with Gasteiger partial charge >= 0.3 is 17.9 Å². The van der Waals surface area contributed by atoms with Gasteiger partial charge in [0.25, 0.3) is 0 Å². The summed E-state index contributed by atoms with van der Waals surface area (Å²) in [5.74, 6) is -0.870. The molecule has 0 aliphatic heterocycles. The molecule has 0 aromatic heterocycles. The first kappa shape index (κ1) is 57.9.